The Morgan fingerprint density at radius 2 is 1.80 bits per heavy atom. The summed E-state index contributed by atoms with van der Waals surface area (Å²) in [5, 5.41) is 0.401. The fourth-order valence-electron chi connectivity index (χ4n) is 2.96. The molecule has 0 bridgehead atoms. The van der Waals surface area contributed by atoms with Gasteiger partial charge in [-0.2, -0.15) is 4.72 Å². The number of nitrogens with one attached hydrogen (secondary N) is 2. The Morgan fingerprint density at radius 1 is 1.08 bits per heavy atom. The number of benzene rings is 2. The van der Waals surface area contributed by atoms with Gasteiger partial charge in [-0.3, -0.25) is 0 Å². The van der Waals surface area contributed by atoms with Gasteiger partial charge in [0.2, 0.25) is 10.0 Å². The van der Waals surface area contributed by atoms with Gasteiger partial charge in [-0.15, -0.1) is 0 Å². The predicted octanol–water partition coefficient (Wildman–Crippen LogP) is 1.27. The normalized spacial score (nSPS) is 17.3. The second-order valence-electron chi connectivity index (χ2n) is 6.11. The van der Waals surface area contributed by atoms with Crippen LogP contribution >= 0.6 is 11.6 Å². The van der Waals surface area contributed by atoms with Crippen LogP contribution in [0.15, 0.2) is 59.5 Å². The van der Waals surface area contributed by atoms with Crippen molar-refractivity contribution in [3.63, 3.8) is 0 Å². The largest absolute Gasteiger partial charge is 0.370 e. The molecule has 3 rings (SSSR count). The molecule has 1 aliphatic heterocycles. The Hall–Kier alpha value is -1.44. The first-order chi connectivity index (χ1) is 12.0. The molecule has 1 aliphatic rings. The number of sulfonamides is 1. The maximum absolute atomic E-state index is 12.8. The summed E-state index contributed by atoms with van der Waals surface area (Å²) in [4.78, 5) is 1.51. The standard InChI is InChI=1S/C18H21ClN2O3S/c19-16-7-4-8-17(13-16)25(22,23)20-18(15-5-2-1-3-6-15)14-21-9-11-24-12-10-21/h1-8,13,18,20H,9-12,14H2/p+1/t18-/m1/s1. The molecule has 0 amide bonds. The van der Waals surface area contributed by atoms with Gasteiger partial charge in [0.15, 0.2) is 0 Å². The zero-order valence-electron chi connectivity index (χ0n) is 13.8. The van der Waals surface area contributed by atoms with Crippen LogP contribution in [0.4, 0.5) is 0 Å². The van der Waals surface area contributed by atoms with Gasteiger partial charge < -0.3 is 9.64 Å². The van der Waals surface area contributed by atoms with E-state index in [1.165, 1.54) is 11.0 Å². The van der Waals surface area contributed by atoms with E-state index in [1.807, 2.05) is 30.3 Å². The lowest BCUT2D eigenvalue weighted by atomic mass is 10.1. The smallest absolute Gasteiger partial charge is 0.241 e. The van der Waals surface area contributed by atoms with Gasteiger partial charge in [0.25, 0.3) is 0 Å². The Labute approximate surface area is 153 Å². The Kier molecular flexibility index (Phi) is 6.09. The maximum atomic E-state index is 12.8. The molecule has 25 heavy (non-hydrogen) atoms. The predicted molar refractivity (Wildman–Crippen MR) is 97.3 cm³/mol. The van der Waals surface area contributed by atoms with Crippen LogP contribution in [0.5, 0.6) is 0 Å². The van der Waals surface area contributed by atoms with Gasteiger partial charge >= 0.3 is 0 Å². The highest BCUT2D eigenvalue weighted by atomic mass is 35.5. The lowest BCUT2D eigenvalue weighted by Crippen LogP contribution is -3.14. The van der Waals surface area contributed by atoms with E-state index in [0.29, 0.717) is 24.8 Å². The van der Waals surface area contributed by atoms with E-state index in [4.69, 9.17) is 16.3 Å². The molecule has 0 aliphatic carbocycles. The van der Waals surface area contributed by atoms with E-state index >= 15 is 0 Å². The lowest BCUT2D eigenvalue weighted by molar-refractivity contribution is -0.909. The quantitative estimate of drug-likeness (QED) is 0.792. The molecule has 134 valence electrons. The SMILES string of the molecule is O=S(=O)(N[C@H](C[NH+]1CCOCC1)c1ccccc1)c1cccc(Cl)c1. The van der Waals surface area contributed by atoms with Crippen molar-refractivity contribution in [3.8, 4) is 0 Å². The Morgan fingerprint density at radius 3 is 2.48 bits per heavy atom. The molecule has 2 N–H and O–H groups in total. The highest BCUT2D eigenvalue weighted by Gasteiger charge is 2.26. The number of ether oxygens (including phenoxy) is 1. The molecule has 1 fully saturated rings. The summed E-state index contributed by atoms with van der Waals surface area (Å²) in [6.45, 7) is 3.84. The van der Waals surface area contributed by atoms with Crippen molar-refractivity contribution in [1.29, 1.82) is 0 Å². The molecule has 0 radical (unpaired) electrons. The van der Waals surface area contributed by atoms with Crippen molar-refractivity contribution in [2.45, 2.75) is 10.9 Å². The fourth-order valence-corrected chi connectivity index (χ4v) is 4.48. The van der Waals surface area contributed by atoms with Crippen molar-refractivity contribution >= 4 is 21.6 Å². The minimum absolute atomic E-state index is 0.179. The third-order valence-electron chi connectivity index (χ3n) is 4.30. The van der Waals surface area contributed by atoms with Crippen LogP contribution in [0.1, 0.15) is 11.6 Å². The van der Waals surface area contributed by atoms with Crippen molar-refractivity contribution in [2.24, 2.45) is 0 Å². The average Bonchev–Trinajstić information content (AvgIpc) is 2.63. The van der Waals surface area contributed by atoms with Gasteiger partial charge in [0.05, 0.1) is 30.7 Å². The average molecular weight is 382 g/mol. The third-order valence-corrected chi connectivity index (χ3v) is 6.00. The van der Waals surface area contributed by atoms with Gasteiger partial charge in [0, 0.05) is 5.02 Å². The van der Waals surface area contributed by atoms with Crippen LogP contribution in [-0.2, 0) is 14.8 Å². The topological polar surface area (TPSA) is 59.8 Å². The number of quaternary nitrogens is 1. The van der Waals surface area contributed by atoms with E-state index < -0.39 is 10.0 Å². The van der Waals surface area contributed by atoms with Crippen molar-refractivity contribution < 1.29 is 18.1 Å². The van der Waals surface area contributed by atoms with Crippen LogP contribution in [0.25, 0.3) is 0 Å². The summed E-state index contributed by atoms with van der Waals surface area (Å²) < 4.78 is 33.9. The summed E-state index contributed by atoms with van der Waals surface area (Å²) in [5.74, 6) is 0. The van der Waals surface area contributed by atoms with Crippen molar-refractivity contribution in [1.82, 2.24) is 4.72 Å². The van der Waals surface area contributed by atoms with Gasteiger partial charge in [-0.25, -0.2) is 8.42 Å². The first kappa shape index (κ1) is 18.4. The second-order valence-corrected chi connectivity index (χ2v) is 8.26. The molecule has 0 saturated carbocycles. The minimum atomic E-state index is -3.66. The molecule has 7 heteroatoms. The highest BCUT2D eigenvalue weighted by Crippen LogP contribution is 2.19. The maximum Gasteiger partial charge on any atom is 0.241 e. The van der Waals surface area contributed by atoms with E-state index in [9.17, 15) is 8.42 Å². The molecule has 2 aromatic rings. The minimum Gasteiger partial charge on any atom is -0.370 e. The molecule has 1 atom stereocenters. The number of hydrogen-bond acceptors (Lipinski definition) is 3. The molecule has 1 heterocycles. The molecule has 5 nitrogen and oxygen atoms in total. The van der Waals surface area contributed by atoms with E-state index in [2.05, 4.69) is 4.72 Å². The van der Waals surface area contributed by atoms with Gasteiger partial charge in [0.1, 0.15) is 13.1 Å². The van der Waals surface area contributed by atoms with Crippen molar-refractivity contribution in [3.05, 3.63) is 65.2 Å². The molecule has 0 aromatic heterocycles. The first-order valence-corrected chi connectivity index (χ1v) is 10.1. The second kappa shape index (κ2) is 8.29. The zero-order chi connectivity index (χ0) is 17.7. The monoisotopic (exact) mass is 381 g/mol. The summed E-state index contributed by atoms with van der Waals surface area (Å²) >= 11 is 5.95. The number of rotatable bonds is 6. The van der Waals surface area contributed by atoms with Gasteiger partial charge in [-0.05, 0) is 23.8 Å². The van der Waals surface area contributed by atoms with Crippen LogP contribution in [0, 0.1) is 0 Å². The lowest BCUT2D eigenvalue weighted by Gasteiger charge is -2.28. The molecular weight excluding hydrogens is 360 g/mol. The number of halogens is 1. The molecule has 0 unspecified atom stereocenters. The van der Waals surface area contributed by atoms with Crippen LogP contribution in [0.2, 0.25) is 5.02 Å². The van der Waals surface area contributed by atoms with Crippen LogP contribution in [0.3, 0.4) is 0 Å². The summed E-state index contributed by atoms with van der Waals surface area (Å²) in [7, 11) is -3.66. The zero-order valence-corrected chi connectivity index (χ0v) is 15.4. The summed E-state index contributed by atoms with van der Waals surface area (Å²) in [6, 6.07) is 15.7. The first-order valence-electron chi connectivity index (χ1n) is 8.29. The van der Waals surface area contributed by atoms with E-state index in [1.54, 1.807) is 18.2 Å². The van der Waals surface area contributed by atoms with Crippen LogP contribution < -0.4 is 9.62 Å². The number of morpholine rings is 1. The molecule has 2 aromatic carbocycles. The molecule has 0 spiro atoms. The molecular formula is C18H22ClN2O3S+. The Bertz CT molecular complexity index is 793. The van der Waals surface area contributed by atoms with Gasteiger partial charge in [-0.1, -0.05) is 48.0 Å². The third kappa shape index (κ3) is 5.03. The van der Waals surface area contributed by atoms with Crippen molar-refractivity contribution in [2.75, 3.05) is 32.8 Å². The highest BCUT2D eigenvalue weighted by molar-refractivity contribution is 7.89. The van der Waals surface area contributed by atoms with E-state index in [-0.39, 0.29) is 10.9 Å². The van der Waals surface area contributed by atoms with Crippen LogP contribution in [-0.4, -0.2) is 41.3 Å². The Balaban J connectivity index is 1.83. The summed E-state index contributed by atoms with van der Waals surface area (Å²) in [6.07, 6.45) is 0. The molecule has 1 saturated heterocycles. The number of hydrogen-bond donors (Lipinski definition) is 2. The fraction of sp³-hybridized carbons (Fsp3) is 0.333. The van der Waals surface area contributed by atoms with E-state index in [0.717, 1.165) is 18.7 Å². The summed E-state index contributed by atoms with van der Waals surface area (Å²) in [5.41, 5.74) is 0.951.